The minimum atomic E-state index is -3.99. The first-order chi connectivity index (χ1) is 15.3. The second kappa shape index (κ2) is 8.66. The Labute approximate surface area is 191 Å². The molecule has 1 aromatic heterocycles. The molecule has 2 N–H and O–H groups in total. The molecule has 0 aliphatic rings. The Kier molecular flexibility index (Phi) is 5.92. The first-order valence-electron chi connectivity index (χ1n) is 9.52. The van der Waals surface area contributed by atoms with Gasteiger partial charge in [0.25, 0.3) is 0 Å². The van der Waals surface area contributed by atoms with E-state index in [2.05, 4.69) is 0 Å². The maximum atomic E-state index is 12.3. The van der Waals surface area contributed by atoms with Gasteiger partial charge < -0.3 is 9.47 Å². The van der Waals surface area contributed by atoms with Gasteiger partial charge in [-0.2, -0.15) is 5.10 Å². The van der Waals surface area contributed by atoms with E-state index < -0.39 is 10.0 Å². The van der Waals surface area contributed by atoms with Gasteiger partial charge in [0, 0.05) is 22.2 Å². The van der Waals surface area contributed by atoms with Crippen LogP contribution in [0.1, 0.15) is 0 Å². The number of primary sulfonamides is 1. The van der Waals surface area contributed by atoms with E-state index in [1.54, 1.807) is 61.4 Å². The summed E-state index contributed by atoms with van der Waals surface area (Å²) in [4.78, 5) is -0.0356. The Morgan fingerprint density at radius 1 is 0.938 bits per heavy atom. The summed E-state index contributed by atoms with van der Waals surface area (Å²) >= 11 is 6.06. The Morgan fingerprint density at radius 2 is 1.66 bits per heavy atom. The SMILES string of the molecule is COc1ccc(-c2cc(-c3ccc(Cl)cc3)n(-c3ccccc3S(N)(=O)=O)n2)c(OC)c1. The molecule has 0 saturated heterocycles. The van der Waals surface area contributed by atoms with Gasteiger partial charge in [-0.25, -0.2) is 18.2 Å². The van der Waals surface area contributed by atoms with Crippen LogP contribution in [0.3, 0.4) is 0 Å². The monoisotopic (exact) mass is 469 g/mol. The van der Waals surface area contributed by atoms with Crippen LogP contribution in [0.2, 0.25) is 5.02 Å². The highest BCUT2D eigenvalue weighted by Gasteiger charge is 2.21. The van der Waals surface area contributed by atoms with Crippen LogP contribution in [0.25, 0.3) is 28.2 Å². The number of benzene rings is 3. The van der Waals surface area contributed by atoms with Crippen molar-refractivity contribution in [3.63, 3.8) is 0 Å². The second-order valence-electron chi connectivity index (χ2n) is 6.91. The molecule has 7 nitrogen and oxygen atoms in total. The molecule has 0 spiro atoms. The number of sulfonamides is 1. The summed E-state index contributed by atoms with van der Waals surface area (Å²) < 4.78 is 36.9. The maximum absolute atomic E-state index is 12.3. The molecule has 0 aliphatic carbocycles. The largest absolute Gasteiger partial charge is 0.497 e. The fraction of sp³-hybridized carbons (Fsp3) is 0.0870. The van der Waals surface area contributed by atoms with Crippen LogP contribution in [0.5, 0.6) is 11.5 Å². The quantitative estimate of drug-likeness (QED) is 0.447. The highest BCUT2D eigenvalue weighted by molar-refractivity contribution is 7.89. The van der Waals surface area contributed by atoms with Crippen LogP contribution in [-0.4, -0.2) is 32.4 Å². The lowest BCUT2D eigenvalue weighted by Crippen LogP contribution is -2.16. The molecule has 0 bridgehead atoms. The molecular weight excluding hydrogens is 450 g/mol. The number of aromatic nitrogens is 2. The van der Waals surface area contributed by atoms with Crippen molar-refractivity contribution >= 4 is 21.6 Å². The molecule has 3 aromatic carbocycles. The van der Waals surface area contributed by atoms with Crippen LogP contribution in [0, 0.1) is 0 Å². The van der Waals surface area contributed by atoms with Gasteiger partial charge in [-0.15, -0.1) is 0 Å². The average molecular weight is 470 g/mol. The summed E-state index contributed by atoms with van der Waals surface area (Å²) in [5.41, 5.74) is 3.09. The van der Waals surface area contributed by atoms with Gasteiger partial charge in [-0.1, -0.05) is 35.9 Å². The molecule has 1 heterocycles. The number of hydrogen-bond donors (Lipinski definition) is 1. The molecule has 0 fully saturated rings. The Bertz CT molecular complexity index is 1380. The predicted octanol–water partition coefficient (Wildman–Crippen LogP) is 4.52. The minimum absolute atomic E-state index is 0.0356. The molecule has 4 aromatic rings. The highest BCUT2D eigenvalue weighted by Crippen LogP contribution is 2.36. The van der Waals surface area contributed by atoms with Crippen molar-refractivity contribution in [3.8, 4) is 39.7 Å². The zero-order valence-electron chi connectivity index (χ0n) is 17.3. The van der Waals surface area contributed by atoms with E-state index in [-0.39, 0.29) is 4.90 Å². The average Bonchev–Trinajstić information content (AvgIpc) is 3.23. The van der Waals surface area contributed by atoms with Gasteiger partial charge in [-0.05, 0) is 42.5 Å². The van der Waals surface area contributed by atoms with Crippen LogP contribution in [0.15, 0.2) is 77.7 Å². The number of nitrogens with zero attached hydrogens (tertiary/aromatic N) is 2. The summed E-state index contributed by atoms with van der Waals surface area (Å²) in [5.74, 6) is 1.21. The van der Waals surface area contributed by atoms with Crippen molar-refractivity contribution in [1.29, 1.82) is 0 Å². The number of nitrogens with two attached hydrogens (primary N) is 1. The number of ether oxygens (including phenoxy) is 2. The first kappa shape index (κ1) is 21.9. The van der Waals surface area contributed by atoms with Crippen LogP contribution >= 0.6 is 11.6 Å². The Hall–Kier alpha value is -3.33. The number of hydrogen-bond acceptors (Lipinski definition) is 5. The molecule has 0 atom stereocenters. The normalized spacial score (nSPS) is 11.4. The summed E-state index contributed by atoms with van der Waals surface area (Å²) in [6, 6.07) is 20.9. The lowest BCUT2D eigenvalue weighted by molar-refractivity contribution is 0.395. The molecule has 0 radical (unpaired) electrons. The van der Waals surface area contributed by atoms with Gasteiger partial charge in [0.05, 0.1) is 31.3 Å². The van der Waals surface area contributed by atoms with Crippen molar-refractivity contribution in [3.05, 3.63) is 77.8 Å². The molecule has 4 rings (SSSR count). The number of para-hydroxylation sites is 1. The van der Waals surface area contributed by atoms with Crippen molar-refractivity contribution in [2.75, 3.05) is 14.2 Å². The Balaban J connectivity index is 1.99. The lowest BCUT2D eigenvalue weighted by atomic mass is 10.1. The van der Waals surface area contributed by atoms with Crippen LogP contribution in [-0.2, 0) is 10.0 Å². The summed E-state index contributed by atoms with van der Waals surface area (Å²) in [6.07, 6.45) is 0. The molecule has 32 heavy (non-hydrogen) atoms. The number of rotatable bonds is 6. The third-order valence-electron chi connectivity index (χ3n) is 4.93. The molecule has 0 saturated carbocycles. The standard InChI is InChI=1S/C23H20ClN3O4S/c1-30-17-11-12-18(22(13-17)31-2)19-14-21(15-7-9-16(24)10-8-15)27(26-19)20-5-3-4-6-23(20)32(25,28)29/h3-14H,1-2H3,(H2,25,28,29). The second-order valence-corrected chi connectivity index (χ2v) is 8.88. The highest BCUT2D eigenvalue weighted by atomic mass is 35.5. The van der Waals surface area contributed by atoms with Crippen molar-refractivity contribution in [1.82, 2.24) is 9.78 Å². The molecule has 0 unspecified atom stereocenters. The molecule has 0 aliphatic heterocycles. The van der Waals surface area contributed by atoms with Gasteiger partial charge >= 0.3 is 0 Å². The molecule has 164 valence electrons. The van der Waals surface area contributed by atoms with E-state index in [4.69, 9.17) is 31.3 Å². The van der Waals surface area contributed by atoms with Crippen molar-refractivity contribution in [2.45, 2.75) is 4.90 Å². The zero-order chi connectivity index (χ0) is 22.9. The van der Waals surface area contributed by atoms with E-state index in [1.807, 2.05) is 24.3 Å². The van der Waals surface area contributed by atoms with Crippen molar-refractivity contribution < 1.29 is 17.9 Å². The fourth-order valence-corrected chi connectivity index (χ4v) is 4.25. The van der Waals surface area contributed by atoms with E-state index >= 15 is 0 Å². The molecule has 9 heteroatoms. The summed E-state index contributed by atoms with van der Waals surface area (Å²) in [7, 11) is -0.851. The van der Waals surface area contributed by atoms with Crippen LogP contribution in [0.4, 0.5) is 0 Å². The smallest absolute Gasteiger partial charge is 0.240 e. The number of methoxy groups -OCH3 is 2. The maximum Gasteiger partial charge on any atom is 0.240 e. The number of halogens is 1. The predicted molar refractivity (Wildman–Crippen MR) is 124 cm³/mol. The van der Waals surface area contributed by atoms with Gasteiger partial charge in [0.15, 0.2) is 0 Å². The van der Waals surface area contributed by atoms with E-state index in [9.17, 15) is 8.42 Å². The third-order valence-corrected chi connectivity index (χ3v) is 6.14. The lowest BCUT2D eigenvalue weighted by Gasteiger charge is -2.11. The Morgan fingerprint density at radius 3 is 2.31 bits per heavy atom. The summed E-state index contributed by atoms with van der Waals surface area (Å²) in [6.45, 7) is 0. The summed E-state index contributed by atoms with van der Waals surface area (Å²) in [5, 5.41) is 10.8. The van der Waals surface area contributed by atoms with Gasteiger partial charge in [-0.3, -0.25) is 0 Å². The molecular formula is C23H20ClN3O4S. The topological polar surface area (TPSA) is 96.4 Å². The third kappa shape index (κ3) is 4.20. The van der Waals surface area contributed by atoms with Crippen LogP contribution < -0.4 is 14.6 Å². The van der Waals surface area contributed by atoms with Gasteiger partial charge in [0.2, 0.25) is 10.0 Å². The van der Waals surface area contributed by atoms with Crippen molar-refractivity contribution in [2.24, 2.45) is 5.14 Å². The van der Waals surface area contributed by atoms with Gasteiger partial charge in [0.1, 0.15) is 16.4 Å². The molecule has 0 amide bonds. The van der Waals surface area contributed by atoms with E-state index in [0.29, 0.717) is 33.6 Å². The minimum Gasteiger partial charge on any atom is -0.497 e. The fourth-order valence-electron chi connectivity index (χ4n) is 3.41. The van der Waals surface area contributed by atoms with E-state index in [1.165, 1.54) is 6.07 Å². The first-order valence-corrected chi connectivity index (χ1v) is 11.4. The van der Waals surface area contributed by atoms with E-state index in [0.717, 1.165) is 11.1 Å². The zero-order valence-corrected chi connectivity index (χ0v) is 18.9.